The van der Waals surface area contributed by atoms with Gasteiger partial charge in [-0.2, -0.15) is 0 Å². The first-order chi connectivity index (χ1) is 5.24. The van der Waals surface area contributed by atoms with Crippen LogP contribution in [0, 0.1) is 0 Å². The van der Waals surface area contributed by atoms with Crippen LogP contribution in [0.25, 0.3) is 0 Å². The first-order valence-electron chi connectivity index (χ1n) is 3.88. The minimum absolute atomic E-state index is 0. The molecule has 1 heterocycles. The van der Waals surface area contributed by atoms with E-state index in [1.807, 2.05) is 0 Å². The van der Waals surface area contributed by atoms with Crippen molar-refractivity contribution in [1.29, 1.82) is 0 Å². The van der Waals surface area contributed by atoms with Gasteiger partial charge in [0.05, 0.1) is 10.7 Å². The van der Waals surface area contributed by atoms with Crippen molar-refractivity contribution in [2.45, 2.75) is 26.2 Å². The predicted octanol–water partition coefficient (Wildman–Crippen LogP) is 2.19. The Bertz CT molecular complexity index is 223. The van der Waals surface area contributed by atoms with Crippen LogP contribution >= 0.6 is 23.7 Å². The van der Waals surface area contributed by atoms with Gasteiger partial charge >= 0.3 is 0 Å². The third kappa shape index (κ3) is 3.09. The maximum absolute atomic E-state index is 5.41. The molecule has 4 heteroatoms. The summed E-state index contributed by atoms with van der Waals surface area (Å²) in [4.78, 5) is 4.44. The maximum Gasteiger partial charge on any atom is 0.0953 e. The molecule has 0 aliphatic heterocycles. The second-order valence-electron chi connectivity index (χ2n) is 2.87. The Morgan fingerprint density at radius 3 is 2.67 bits per heavy atom. The molecule has 0 saturated heterocycles. The van der Waals surface area contributed by atoms with Crippen LogP contribution in [-0.4, -0.2) is 11.5 Å². The summed E-state index contributed by atoms with van der Waals surface area (Å²) < 4.78 is 0. The van der Waals surface area contributed by atoms with Crippen molar-refractivity contribution in [2.75, 3.05) is 6.54 Å². The summed E-state index contributed by atoms with van der Waals surface area (Å²) in [6.45, 7) is 5.01. The van der Waals surface area contributed by atoms with E-state index in [1.165, 1.54) is 5.01 Å². The van der Waals surface area contributed by atoms with Crippen molar-refractivity contribution < 1.29 is 0 Å². The molecule has 0 bridgehead atoms. The largest absolute Gasteiger partial charge is 0.330 e. The summed E-state index contributed by atoms with van der Waals surface area (Å²) in [5.74, 6) is 0.548. The van der Waals surface area contributed by atoms with E-state index in [2.05, 4.69) is 24.2 Å². The Balaban J connectivity index is 0.00000121. The molecule has 0 saturated carbocycles. The summed E-state index contributed by atoms with van der Waals surface area (Å²) in [6, 6.07) is 0. The van der Waals surface area contributed by atoms with E-state index in [0.717, 1.165) is 12.1 Å². The van der Waals surface area contributed by atoms with Crippen molar-refractivity contribution in [3.63, 3.8) is 0 Å². The van der Waals surface area contributed by atoms with E-state index in [4.69, 9.17) is 5.73 Å². The fraction of sp³-hybridized carbons (Fsp3) is 0.625. The Labute approximate surface area is 83.6 Å². The minimum Gasteiger partial charge on any atom is -0.330 e. The van der Waals surface area contributed by atoms with Crippen molar-refractivity contribution in [3.05, 3.63) is 16.1 Å². The molecular formula is C8H15ClN2S. The first-order valence-corrected chi connectivity index (χ1v) is 4.76. The third-order valence-electron chi connectivity index (χ3n) is 1.46. The second-order valence-corrected chi connectivity index (χ2v) is 3.76. The molecule has 1 aromatic rings. The van der Waals surface area contributed by atoms with Gasteiger partial charge in [-0.1, -0.05) is 13.8 Å². The highest BCUT2D eigenvalue weighted by molar-refractivity contribution is 7.09. The summed E-state index contributed by atoms with van der Waals surface area (Å²) in [5.41, 5.74) is 6.55. The molecular weight excluding hydrogens is 192 g/mol. The lowest BCUT2D eigenvalue weighted by molar-refractivity contribution is 0.831. The molecule has 0 spiro atoms. The fourth-order valence-electron chi connectivity index (χ4n) is 0.851. The van der Waals surface area contributed by atoms with Crippen molar-refractivity contribution in [3.8, 4) is 0 Å². The molecule has 0 fully saturated rings. The van der Waals surface area contributed by atoms with Gasteiger partial charge in [0.25, 0.3) is 0 Å². The standard InChI is InChI=1S/C8H14N2S.ClH/c1-6(2)8-10-7(3-4-9)5-11-8;/h5-6H,3-4,9H2,1-2H3;1H. The zero-order chi connectivity index (χ0) is 8.27. The van der Waals surface area contributed by atoms with Crippen LogP contribution in [0.15, 0.2) is 5.38 Å². The maximum atomic E-state index is 5.41. The van der Waals surface area contributed by atoms with E-state index < -0.39 is 0 Å². The monoisotopic (exact) mass is 206 g/mol. The molecule has 0 aliphatic rings. The highest BCUT2D eigenvalue weighted by Gasteiger charge is 2.04. The van der Waals surface area contributed by atoms with Crippen LogP contribution < -0.4 is 5.73 Å². The minimum atomic E-state index is 0. The van der Waals surface area contributed by atoms with Crippen LogP contribution in [0.5, 0.6) is 0 Å². The van der Waals surface area contributed by atoms with Gasteiger partial charge in [0, 0.05) is 17.7 Å². The number of aromatic nitrogens is 1. The van der Waals surface area contributed by atoms with Gasteiger partial charge in [-0.05, 0) is 6.54 Å². The van der Waals surface area contributed by atoms with Gasteiger partial charge in [0.2, 0.25) is 0 Å². The SMILES string of the molecule is CC(C)c1nc(CCN)cs1.Cl. The van der Waals surface area contributed by atoms with Gasteiger partial charge < -0.3 is 5.73 Å². The van der Waals surface area contributed by atoms with Crippen LogP contribution in [0.1, 0.15) is 30.5 Å². The smallest absolute Gasteiger partial charge is 0.0953 e. The Kier molecular flexibility index (Phi) is 5.46. The van der Waals surface area contributed by atoms with E-state index in [1.54, 1.807) is 11.3 Å². The molecule has 2 nitrogen and oxygen atoms in total. The Morgan fingerprint density at radius 2 is 2.25 bits per heavy atom. The number of hydrogen-bond donors (Lipinski definition) is 1. The van der Waals surface area contributed by atoms with Crippen LogP contribution in [0.2, 0.25) is 0 Å². The average molecular weight is 207 g/mol. The molecule has 0 aromatic carbocycles. The van der Waals surface area contributed by atoms with E-state index >= 15 is 0 Å². The van der Waals surface area contributed by atoms with Gasteiger partial charge in [-0.15, -0.1) is 23.7 Å². The molecule has 0 unspecified atom stereocenters. The van der Waals surface area contributed by atoms with Crippen LogP contribution in [0.4, 0.5) is 0 Å². The first kappa shape index (κ1) is 11.9. The summed E-state index contributed by atoms with van der Waals surface area (Å²) >= 11 is 1.73. The molecule has 0 aliphatic carbocycles. The zero-order valence-electron chi connectivity index (χ0n) is 7.41. The lowest BCUT2D eigenvalue weighted by atomic mass is 10.2. The second kappa shape index (κ2) is 5.51. The fourth-order valence-corrected chi connectivity index (χ4v) is 1.72. The van der Waals surface area contributed by atoms with Crippen LogP contribution in [-0.2, 0) is 6.42 Å². The molecule has 2 N–H and O–H groups in total. The molecule has 0 amide bonds. The highest BCUT2D eigenvalue weighted by Crippen LogP contribution is 2.18. The summed E-state index contributed by atoms with van der Waals surface area (Å²) in [7, 11) is 0. The van der Waals surface area contributed by atoms with Gasteiger partial charge in [-0.25, -0.2) is 4.98 Å². The quantitative estimate of drug-likeness (QED) is 0.824. The Morgan fingerprint density at radius 1 is 1.58 bits per heavy atom. The van der Waals surface area contributed by atoms with Crippen molar-refractivity contribution in [1.82, 2.24) is 4.98 Å². The topological polar surface area (TPSA) is 38.9 Å². The number of nitrogens with two attached hydrogens (primary N) is 1. The lowest BCUT2D eigenvalue weighted by Gasteiger charge is -1.95. The third-order valence-corrected chi connectivity index (χ3v) is 2.66. The number of hydrogen-bond acceptors (Lipinski definition) is 3. The zero-order valence-corrected chi connectivity index (χ0v) is 9.04. The predicted molar refractivity (Wildman–Crippen MR) is 56.2 cm³/mol. The number of halogens is 1. The summed E-state index contributed by atoms with van der Waals surface area (Å²) in [5, 5.41) is 3.32. The van der Waals surface area contributed by atoms with Crippen molar-refractivity contribution in [2.24, 2.45) is 5.73 Å². The van der Waals surface area contributed by atoms with Crippen LogP contribution in [0.3, 0.4) is 0 Å². The van der Waals surface area contributed by atoms with Crippen molar-refractivity contribution >= 4 is 23.7 Å². The molecule has 70 valence electrons. The van der Waals surface area contributed by atoms with E-state index in [0.29, 0.717) is 12.5 Å². The van der Waals surface area contributed by atoms with Gasteiger partial charge in [0.15, 0.2) is 0 Å². The number of nitrogens with zero attached hydrogens (tertiary/aromatic N) is 1. The molecule has 0 atom stereocenters. The Hall–Kier alpha value is -0.120. The van der Waals surface area contributed by atoms with Gasteiger partial charge in [0.1, 0.15) is 0 Å². The van der Waals surface area contributed by atoms with Gasteiger partial charge in [-0.3, -0.25) is 0 Å². The molecule has 1 rings (SSSR count). The molecule has 0 radical (unpaired) electrons. The summed E-state index contributed by atoms with van der Waals surface area (Å²) in [6.07, 6.45) is 0.906. The molecule has 12 heavy (non-hydrogen) atoms. The van der Waals surface area contributed by atoms with E-state index in [-0.39, 0.29) is 12.4 Å². The number of rotatable bonds is 3. The normalized spacial score (nSPS) is 10.0. The molecule has 1 aromatic heterocycles. The lowest BCUT2D eigenvalue weighted by Crippen LogP contribution is -2.02. The number of thiazole rings is 1. The average Bonchev–Trinajstić information content (AvgIpc) is 2.37. The highest BCUT2D eigenvalue weighted by atomic mass is 35.5. The van der Waals surface area contributed by atoms with E-state index in [9.17, 15) is 0 Å².